The zero-order chi connectivity index (χ0) is 19.9. The lowest BCUT2D eigenvalue weighted by atomic mass is 10.3. The predicted octanol–water partition coefficient (Wildman–Crippen LogP) is 3.24. The Morgan fingerprint density at radius 3 is 2.46 bits per heavy atom. The van der Waals surface area contributed by atoms with Crippen LogP contribution in [0.3, 0.4) is 0 Å². The highest BCUT2D eigenvalue weighted by atomic mass is 32.2. The molecular weight excluding hydrogens is 414 g/mol. The summed E-state index contributed by atoms with van der Waals surface area (Å²) in [7, 11) is 1.92. The fraction of sp³-hybridized carbons (Fsp3) is 0.312. The third-order valence-corrected chi connectivity index (χ3v) is 6.81. The van der Waals surface area contributed by atoms with Gasteiger partial charge >= 0.3 is 0 Å². The van der Waals surface area contributed by atoms with E-state index in [9.17, 15) is 0 Å². The molecule has 0 bridgehead atoms. The second kappa shape index (κ2) is 7.43. The molecule has 1 atom stereocenters. The Hall–Kier alpha value is -2.02. The molecule has 0 amide bonds. The predicted molar refractivity (Wildman–Crippen MR) is 112 cm³/mol. The van der Waals surface area contributed by atoms with Gasteiger partial charge in [0.25, 0.3) is 0 Å². The van der Waals surface area contributed by atoms with Crippen molar-refractivity contribution in [1.29, 1.82) is 0 Å². The van der Waals surface area contributed by atoms with Crippen molar-refractivity contribution in [2.75, 3.05) is 0 Å². The van der Waals surface area contributed by atoms with Crippen LogP contribution in [0.15, 0.2) is 52.0 Å². The van der Waals surface area contributed by atoms with Gasteiger partial charge in [-0.25, -0.2) is 19.1 Å². The lowest BCUT2D eigenvalue weighted by Gasteiger charge is -2.32. The standard InChI is InChI=1S/C16H18N9S3/c1-11-19-16(3,26)25(28-15-21-20-12(2)22(15)4)24(11)27-14-17-10-18-23(14)13-8-6-5-7-9-13/h5-10H,1-4H3. The third kappa shape index (κ3) is 3.52. The molecule has 1 aliphatic heterocycles. The summed E-state index contributed by atoms with van der Waals surface area (Å²) in [5.74, 6) is 1.60. The van der Waals surface area contributed by atoms with Gasteiger partial charge in [0.05, 0.1) is 5.69 Å². The van der Waals surface area contributed by atoms with Crippen molar-refractivity contribution < 1.29 is 0 Å². The van der Waals surface area contributed by atoms with Crippen LogP contribution in [0, 0.1) is 6.92 Å². The average Bonchev–Trinajstić information content (AvgIpc) is 3.31. The molecule has 145 valence electrons. The zero-order valence-corrected chi connectivity index (χ0v) is 18.2. The van der Waals surface area contributed by atoms with Crippen molar-refractivity contribution in [2.24, 2.45) is 12.0 Å². The summed E-state index contributed by atoms with van der Waals surface area (Å²) in [5.41, 5.74) is 0.931. The second-order valence-corrected chi connectivity index (χ2v) is 8.76. The summed E-state index contributed by atoms with van der Waals surface area (Å²) in [6.07, 6.45) is 1.54. The molecule has 0 N–H and O–H groups in total. The van der Waals surface area contributed by atoms with E-state index in [0.717, 1.165) is 22.5 Å². The second-order valence-electron chi connectivity index (χ2n) is 6.20. The number of hydrazine groups is 1. The molecule has 0 saturated heterocycles. The maximum absolute atomic E-state index is 5.72. The van der Waals surface area contributed by atoms with Gasteiger partial charge in [-0.2, -0.15) is 5.10 Å². The van der Waals surface area contributed by atoms with Gasteiger partial charge in [-0.15, -0.1) is 14.6 Å². The molecule has 0 saturated carbocycles. The monoisotopic (exact) mass is 432 g/mol. The smallest absolute Gasteiger partial charge is 0.213 e. The summed E-state index contributed by atoms with van der Waals surface area (Å²) in [5, 5.41) is 14.1. The van der Waals surface area contributed by atoms with Crippen LogP contribution in [0.2, 0.25) is 0 Å². The highest BCUT2D eigenvalue weighted by Gasteiger charge is 2.43. The van der Waals surface area contributed by atoms with Gasteiger partial charge in [-0.1, -0.05) is 18.2 Å². The number of aryl methyl sites for hydroxylation is 1. The minimum atomic E-state index is -0.862. The molecule has 12 heteroatoms. The maximum Gasteiger partial charge on any atom is 0.213 e. The lowest BCUT2D eigenvalue weighted by Crippen LogP contribution is -2.39. The van der Waals surface area contributed by atoms with Crippen LogP contribution in [-0.4, -0.2) is 49.2 Å². The highest BCUT2D eigenvalue weighted by Crippen LogP contribution is 2.43. The number of aromatic nitrogens is 6. The minimum Gasteiger partial charge on any atom is -0.308 e. The van der Waals surface area contributed by atoms with Crippen molar-refractivity contribution >= 4 is 42.4 Å². The molecule has 0 spiro atoms. The van der Waals surface area contributed by atoms with Gasteiger partial charge in [0.2, 0.25) is 10.3 Å². The molecular formula is C16H18N9S3. The van der Waals surface area contributed by atoms with Crippen molar-refractivity contribution in [1.82, 2.24) is 38.4 Å². The van der Waals surface area contributed by atoms with E-state index in [0.29, 0.717) is 5.16 Å². The van der Waals surface area contributed by atoms with E-state index < -0.39 is 4.99 Å². The Kier molecular flexibility index (Phi) is 5.12. The van der Waals surface area contributed by atoms with Crippen molar-refractivity contribution in [3.05, 3.63) is 42.5 Å². The first-order valence-corrected chi connectivity index (χ1v) is 10.4. The van der Waals surface area contributed by atoms with Crippen LogP contribution in [-0.2, 0) is 7.05 Å². The largest absolute Gasteiger partial charge is 0.308 e. The average molecular weight is 433 g/mol. The number of nitrogens with zero attached hydrogens (tertiary/aromatic N) is 9. The van der Waals surface area contributed by atoms with Gasteiger partial charge in [0.15, 0.2) is 4.99 Å². The topological polar surface area (TPSA) is 80.3 Å². The normalized spacial score (nSPS) is 20.0. The Balaban J connectivity index is 1.64. The molecule has 2 aromatic heterocycles. The molecule has 1 aromatic carbocycles. The van der Waals surface area contributed by atoms with Gasteiger partial charge in [-0.05, 0) is 45.5 Å². The molecule has 28 heavy (non-hydrogen) atoms. The molecule has 4 rings (SSSR count). The van der Waals surface area contributed by atoms with E-state index in [1.807, 2.05) is 71.5 Å². The number of hydrogen-bond donors (Lipinski definition) is 0. The molecule has 3 aromatic rings. The van der Waals surface area contributed by atoms with Crippen molar-refractivity contribution in [3.8, 4) is 5.69 Å². The fourth-order valence-electron chi connectivity index (χ4n) is 2.57. The van der Waals surface area contributed by atoms with Gasteiger partial charge in [-0.3, -0.25) is 0 Å². The Labute approximate surface area is 176 Å². The number of benzene rings is 1. The van der Waals surface area contributed by atoms with E-state index in [4.69, 9.17) is 12.6 Å². The van der Waals surface area contributed by atoms with Crippen LogP contribution in [0.1, 0.15) is 19.7 Å². The molecule has 9 nitrogen and oxygen atoms in total. The van der Waals surface area contributed by atoms with Crippen LogP contribution in [0.25, 0.3) is 5.69 Å². The van der Waals surface area contributed by atoms with E-state index in [1.165, 1.54) is 30.2 Å². The van der Waals surface area contributed by atoms with Gasteiger partial charge < -0.3 is 4.57 Å². The number of para-hydroxylation sites is 1. The first-order chi connectivity index (χ1) is 13.4. The number of rotatable bonds is 5. The summed E-state index contributed by atoms with van der Waals surface area (Å²) in [4.78, 5) is 8.18. The molecule has 1 unspecified atom stereocenters. The minimum absolute atomic E-state index is 0.702. The number of aliphatic imine (C=N–C) groups is 1. The Morgan fingerprint density at radius 2 is 1.79 bits per heavy atom. The van der Waals surface area contributed by atoms with Gasteiger partial charge in [0, 0.05) is 30.9 Å². The summed E-state index contributed by atoms with van der Waals surface area (Å²) < 4.78 is 7.52. The van der Waals surface area contributed by atoms with Crippen LogP contribution < -0.4 is 0 Å². The maximum atomic E-state index is 5.72. The Morgan fingerprint density at radius 1 is 1.04 bits per heavy atom. The van der Waals surface area contributed by atoms with Crippen molar-refractivity contribution in [3.63, 3.8) is 0 Å². The summed E-state index contributed by atoms with van der Waals surface area (Å²) in [6.45, 7) is 5.71. The molecule has 0 aliphatic carbocycles. The first kappa shape index (κ1) is 19.3. The van der Waals surface area contributed by atoms with Crippen LogP contribution in [0.4, 0.5) is 0 Å². The zero-order valence-electron chi connectivity index (χ0n) is 15.7. The summed E-state index contributed by atoms with van der Waals surface area (Å²) >= 11 is 8.51. The van der Waals surface area contributed by atoms with Crippen LogP contribution in [0.5, 0.6) is 0 Å². The molecule has 3 heterocycles. The van der Waals surface area contributed by atoms with Crippen LogP contribution >= 0.6 is 36.5 Å². The lowest BCUT2D eigenvalue weighted by molar-refractivity contribution is 0.244. The fourth-order valence-corrected chi connectivity index (χ4v) is 4.92. The first-order valence-electron chi connectivity index (χ1n) is 8.41. The van der Waals surface area contributed by atoms with E-state index >= 15 is 0 Å². The highest BCUT2D eigenvalue weighted by molar-refractivity contribution is 8.00. The van der Waals surface area contributed by atoms with Crippen molar-refractivity contribution in [2.45, 2.75) is 36.1 Å². The molecule has 1 aliphatic rings. The van der Waals surface area contributed by atoms with E-state index in [2.05, 4.69) is 25.3 Å². The molecule has 0 fully saturated rings. The summed E-state index contributed by atoms with van der Waals surface area (Å²) in [6, 6.07) is 9.86. The number of hydrogen-bond acceptors (Lipinski definition) is 9. The third-order valence-electron chi connectivity index (χ3n) is 4.07. The van der Waals surface area contributed by atoms with Gasteiger partial charge in [0.1, 0.15) is 18.0 Å². The van der Waals surface area contributed by atoms with E-state index in [-0.39, 0.29) is 0 Å². The van der Waals surface area contributed by atoms with E-state index in [1.54, 1.807) is 4.68 Å². The molecule has 1 radical (unpaired) electrons. The number of amidine groups is 1. The Bertz CT molecular complexity index is 1010. The quantitative estimate of drug-likeness (QED) is 0.569. The SMILES string of the molecule is CC1=NC(C)([S])N(Sc2nnc(C)n2C)N1Sc1ncnn1-c1ccccc1.